The highest BCUT2D eigenvalue weighted by Gasteiger charge is 2.13. The van der Waals surface area contributed by atoms with Gasteiger partial charge < -0.3 is 4.74 Å². The van der Waals surface area contributed by atoms with Gasteiger partial charge in [-0.2, -0.15) is 5.10 Å². The third-order valence-electron chi connectivity index (χ3n) is 4.77. The van der Waals surface area contributed by atoms with Gasteiger partial charge in [0.2, 0.25) is 0 Å². The monoisotopic (exact) mass is 471 g/mol. The largest absolute Gasteiger partial charge is 0.452 e. The molecule has 2 aromatic heterocycles. The van der Waals surface area contributed by atoms with Crippen LogP contribution < -0.4 is 5.32 Å². The number of imide groups is 1. The van der Waals surface area contributed by atoms with Crippen LogP contribution in [0.2, 0.25) is 0 Å². The molecule has 0 aliphatic carbocycles. The molecule has 4 rings (SSSR count). The second-order valence-electron chi connectivity index (χ2n) is 7.28. The van der Waals surface area contributed by atoms with E-state index in [1.54, 1.807) is 47.7 Å². The first-order valence-electron chi connectivity index (χ1n) is 10.5. The third-order valence-corrected chi connectivity index (χ3v) is 5.64. The third kappa shape index (κ3) is 6.14. The summed E-state index contributed by atoms with van der Waals surface area (Å²) in [6.07, 6.45) is 4.71. The number of amides is 2. The molecule has 0 saturated carbocycles. The normalized spacial score (nSPS) is 10.8. The lowest BCUT2D eigenvalue weighted by Crippen LogP contribution is -2.33. The highest BCUT2D eigenvalue weighted by atomic mass is 32.1. The zero-order chi connectivity index (χ0) is 23.8. The minimum absolute atomic E-state index is 0.343. The smallest absolute Gasteiger partial charge is 0.331 e. The molecular weight excluding hydrogens is 450 g/mol. The average Bonchev–Trinajstić information content (AvgIpc) is 3.52. The molecule has 0 unspecified atom stereocenters. The Kier molecular flexibility index (Phi) is 7.42. The average molecular weight is 472 g/mol. The molecule has 170 valence electrons. The van der Waals surface area contributed by atoms with Crippen LogP contribution in [0.25, 0.3) is 16.6 Å². The van der Waals surface area contributed by atoms with E-state index in [0.29, 0.717) is 12.1 Å². The molecular formula is C26H21N3O4S. The summed E-state index contributed by atoms with van der Waals surface area (Å²) in [6, 6.07) is 22.2. The van der Waals surface area contributed by atoms with Crippen molar-refractivity contribution in [2.24, 2.45) is 0 Å². The van der Waals surface area contributed by atoms with E-state index in [2.05, 4.69) is 10.4 Å². The fraction of sp³-hybridized carbons (Fsp3) is 0.0769. The molecule has 0 atom stereocenters. The minimum Gasteiger partial charge on any atom is -0.452 e. The number of aromatic nitrogens is 2. The first-order valence-corrected chi connectivity index (χ1v) is 11.4. The Balaban J connectivity index is 1.38. The Morgan fingerprint density at radius 2 is 1.71 bits per heavy atom. The van der Waals surface area contributed by atoms with Crippen molar-refractivity contribution in [3.63, 3.8) is 0 Å². The first kappa shape index (κ1) is 22.9. The molecule has 4 aromatic rings. The van der Waals surface area contributed by atoms with Crippen LogP contribution in [0.1, 0.15) is 21.5 Å². The van der Waals surface area contributed by atoms with E-state index in [9.17, 15) is 14.4 Å². The van der Waals surface area contributed by atoms with E-state index >= 15 is 0 Å². The number of hydrogen-bond donors (Lipinski definition) is 1. The first-order chi connectivity index (χ1) is 16.6. The lowest BCUT2D eigenvalue weighted by Gasteiger charge is -2.04. The highest BCUT2D eigenvalue weighted by Crippen LogP contribution is 2.27. The molecule has 1 N–H and O–H groups in total. The van der Waals surface area contributed by atoms with Gasteiger partial charge in [0.25, 0.3) is 11.8 Å². The van der Waals surface area contributed by atoms with Crippen molar-refractivity contribution < 1.29 is 19.1 Å². The van der Waals surface area contributed by atoms with Gasteiger partial charge in [-0.15, -0.1) is 11.3 Å². The number of nitrogens with one attached hydrogen (secondary N) is 1. The Bertz CT molecular complexity index is 1300. The summed E-state index contributed by atoms with van der Waals surface area (Å²) in [4.78, 5) is 37.1. The maximum absolute atomic E-state index is 12.2. The van der Waals surface area contributed by atoms with Crippen LogP contribution >= 0.6 is 11.3 Å². The number of nitrogens with zero attached hydrogens (tertiary/aromatic N) is 2. The summed E-state index contributed by atoms with van der Waals surface area (Å²) >= 11 is 1.55. The van der Waals surface area contributed by atoms with Gasteiger partial charge in [-0.25, -0.2) is 4.79 Å². The Labute approximate surface area is 200 Å². The minimum atomic E-state index is -0.703. The zero-order valence-corrected chi connectivity index (χ0v) is 18.9. The highest BCUT2D eigenvalue weighted by molar-refractivity contribution is 7.13. The lowest BCUT2D eigenvalue weighted by atomic mass is 10.2. The lowest BCUT2D eigenvalue weighted by molar-refractivity contribution is -0.143. The second kappa shape index (κ2) is 11.0. The summed E-state index contributed by atoms with van der Waals surface area (Å²) in [6.45, 7) is 0.0277. The van der Waals surface area contributed by atoms with Crippen LogP contribution in [0.15, 0.2) is 90.4 Å². The SMILES string of the molecule is O=C(COC(=O)/C=C/c1cn(Cc2ccccc2)nc1-c1cccs1)NC(=O)c1ccccc1. The number of ether oxygens (including phenoxy) is 1. The van der Waals surface area contributed by atoms with Crippen LogP contribution in [0.4, 0.5) is 0 Å². The van der Waals surface area contributed by atoms with E-state index in [4.69, 9.17) is 4.74 Å². The molecule has 0 aliphatic rings. The van der Waals surface area contributed by atoms with Gasteiger partial charge in [-0.05, 0) is 35.2 Å². The van der Waals surface area contributed by atoms with Gasteiger partial charge in [0.05, 0.1) is 11.4 Å². The standard InChI is InChI=1S/C26H21N3O4S/c30-23(27-26(32)20-10-5-2-6-11-20)18-33-24(31)14-13-21-17-29(16-19-8-3-1-4-9-19)28-25(21)22-12-7-15-34-22/h1-15,17H,16,18H2,(H,27,30,32)/b14-13+. The van der Waals surface area contributed by atoms with E-state index < -0.39 is 24.4 Å². The van der Waals surface area contributed by atoms with Gasteiger partial charge in [0, 0.05) is 23.4 Å². The van der Waals surface area contributed by atoms with Crippen LogP contribution in [0.3, 0.4) is 0 Å². The van der Waals surface area contributed by atoms with Crippen LogP contribution in [-0.4, -0.2) is 34.2 Å². The number of carbonyl (C=O) groups excluding carboxylic acids is 3. The quantitative estimate of drug-likeness (QED) is 0.308. The van der Waals surface area contributed by atoms with Gasteiger partial charge in [0.15, 0.2) is 6.61 Å². The molecule has 2 heterocycles. The fourth-order valence-electron chi connectivity index (χ4n) is 3.18. The van der Waals surface area contributed by atoms with E-state index in [0.717, 1.165) is 21.7 Å². The van der Waals surface area contributed by atoms with Gasteiger partial charge in [-0.1, -0.05) is 54.6 Å². The molecule has 8 heteroatoms. The Morgan fingerprint density at radius 1 is 0.971 bits per heavy atom. The summed E-state index contributed by atoms with van der Waals surface area (Å²) in [5, 5.41) is 8.83. The molecule has 7 nitrogen and oxygen atoms in total. The Morgan fingerprint density at radius 3 is 2.41 bits per heavy atom. The summed E-state index contributed by atoms with van der Waals surface area (Å²) < 4.78 is 6.80. The molecule has 0 saturated heterocycles. The summed E-state index contributed by atoms with van der Waals surface area (Å²) in [7, 11) is 0. The maximum Gasteiger partial charge on any atom is 0.331 e. The molecule has 0 aliphatic heterocycles. The van der Waals surface area contributed by atoms with Crippen molar-refractivity contribution in [2.45, 2.75) is 6.54 Å². The number of benzene rings is 2. The second-order valence-corrected chi connectivity index (χ2v) is 8.23. The topological polar surface area (TPSA) is 90.3 Å². The fourth-order valence-corrected chi connectivity index (χ4v) is 3.91. The van der Waals surface area contributed by atoms with Gasteiger partial charge in [-0.3, -0.25) is 19.6 Å². The molecule has 0 radical (unpaired) electrons. The predicted octanol–water partition coefficient (Wildman–Crippen LogP) is 4.17. The van der Waals surface area contributed by atoms with Crippen molar-refractivity contribution in [3.05, 3.63) is 107 Å². The molecule has 0 fully saturated rings. The van der Waals surface area contributed by atoms with E-state index in [1.807, 2.05) is 58.7 Å². The van der Waals surface area contributed by atoms with Crippen molar-refractivity contribution >= 4 is 35.2 Å². The number of esters is 1. The van der Waals surface area contributed by atoms with Crippen LogP contribution in [0, 0.1) is 0 Å². The van der Waals surface area contributed by atoms with E-state index in [-0.39, 0.29) is 0 Å². The summed E-state index contributed by atoms with van der Waals surface area (Å²) in [5.41, 5.74) is 2.95. The number of carbonyl (C=O) groups is 3. The molecule has 2 aromatic carbocycles. The molecule has 0 bridgehead atoms. The predicted molar refractivity (Wildman–Crippen MR) is 130 cm³/mol. The molecule has 34 heavy (non-hydrogen) atoms. The van der Waals surface area contributed by atoms with Gasteiger partial charge >= 0.3 is 5.97 Å². The number of hydrogen-bond acceptors (Lipinski definition) is 6. The molecule has 0 spiro atoms. The van der Waals surface area contributed by atoms with E-state index in [1.165, 1.54) is 6.08 Å². The number of thiophene rings is 1. The Hall–Kier alpha value is -4.30. The van der Waals surface area contributed by atoms with Crippen molar-refractivity contribution in [1.29, 1.82) is 0 Å². The van der Waals surface area contributed by atoms with Crippen LogP contribution in [0.5, 0.6) is 0 Å². The summed E-state index contributed by atoms with van der Waals surface area (Å²) in [5.74, 6) is -1.95. The maximum atomic E-state index is 12.2. The van der Waals surface area contributed by atoms with Crippen molar-refractivity contribution in [3.8, 4) is 10.6 Å². The van der Waals surface area contributed by atoms with Crippen molar-refractivity contribution in [2.75, 3.05) is 6.61 Å². The van der Waals surface area contributed by atoms with Gasteiger partial charge in [0.1, 0.15) is 5.69 Å². The zero-order valence-electron chi connectivity index (χ0n) is 18.1. The number of rotatable bonds is 8. The molecule has 2 amide bonds. The van der Waals surface area contributed by atoms with Crippen LogP contribution in [-0.2, 0) is 20.9 Å². The van der Waals surface area contributed by atoms with Crippen molar-refractivity contribution in [1.82, 2.24) is 15.1 Å².